The second-order valence-corrected chi connectivity index (χ2v) is 6.69. The smallest absolute Gasteiger partial charge is 0.208 e. The van der Waals surface area contributed by atoms with Gasteiger partial charge in [-0.3, -0.25) is 4.90 Å². The van der Waals surface area contributed by atoms with E-state index in [2.05, 4.69) is 54.6 Å². The number of hydrogen-bond acceptors (Lipinski definition) is 5. The summed E-state index contributed by atoms with van der Waals surface area (Å²) in [4.78, 5) is 4.94. The van der Waals surface area contributed by atoms with Crippen LogP contribution in [0.4, 0.5) is 5.13 Å². The van der Waals surface area contributed by atoms with Gasteiger partial charge in [0, 0.05) is 37.6 Å². The molecule has 5 heteroatoms. The third-order valence-electron chi connectivity index (χ3n) is 3.54. The van der Waals surface area contributed by atoms with Crippen molar-refractivity contribution in [2.45, 2.75) is 52.6 Å². The summed E-state index contributed by atoms with van der Waals surface area (Å²) in [6.07, 6.45) is 0. The van der Waals surface area contributed by atoms with Crippen LogP contribution in [0.25, 0.3) is 0 Å². The van der Waals surface area contributed by atoms with Crippen molar-refractivity contribution >= 4 is 16.5 Å². The van der Waals surface area contributed by atoms with Crippen molar-refractivity contribution in [1.82, 2.24) is 15.1 Å². The van der Waals surface area contributed by atoms with Gasteiger partial charge in [-0.2, -0.15) is 0 Å². The molecule has 1 aromatic heterocycles. The molecule has 1 saturated heterocycles. The Morgan fingerprint density at radius 2 is 1.89 bits per heavy atom. The zero-order chi connectivity index (χ0) is 13.3. The summed E-state index contributed by atoms with van der Waals surface area (Å²) in [7, 11) is 0. The topological polar surface area (TPSA) is 32.3 Å². The lowest BCUT2D eigenvalue weighted by Crippen LogP contribution is -2.54. The average Bonchev–Trinajstić information content (AvgIpc) is 2.77. The van der Waals surface area contributed by atoms with Gasteiger partial charge in [-0.15, -0.1) is 10.2 Å². The maximum Gasteiger partial charge on any atom is 0.208 e. The van der Waals surface area contributed by atoms with E-state index < -0.39 is 0 Å². The van der Waals surface area contributed by atoms with Crippen molar-refractivity contribution in [3.63, 3.8) is 0 Å². The molecule has 1 fully saturated rings. The third-order valence-corrected chi connectivity index (χ3v) is 4.82. The van der Waals surface area contributed by atoms with Gasteiger partial charge in [0.1, 0.15) is 5.01 Å². The van der Waals surface area contributed by atoms with Gasteiger partial charge in [-0.1, -0.05) is 25.2 Å². The third kappa shape index (κ3) is 2.83. The Morgan fingerprint density at radius 3 is 2.39 bits per heavy atom. The van der Waals surface area contributed by atoms with E-state index in [0.29, 0.717) is 18.0 Å². The van der Waals surface area contributed by atoms with Crippen LogP contribution in [0.3, 0.4) is 0 Å². The zero-order valence-electron chi connectivity index (χ0n) is 12.1. The molecular formula is C13H24N4S. The number of piperazine rings is 1. The first kappa shape index (κ1) is 13.7. The van der Waals surface area contributed by atoms with Gasteiger partial charge in [-0.25, -0.2) is 0 Å². The lowest BCUT2D eigenvalue weighted by molar-refractivity contribution is 0.148. The Kier molecular flexibility index (Phi) is 4.22. The summed E-state index contributed by atoms with van der Waals surface area (Å²) < 4.78 is 0. The number of hydrogen-bond donors (Lipinski definition) is 0. The van der Waals surface area contributed by atoms with Crippen molar-refractivity contribution in [3.8, 4) is 0 Å². The van der Waals surface area contributed by atoms with Crippen molar-refractivity contribution in [2.75, 3.05) is 24.5 Å². The summed E-state index contributed by atoms with van der Waals surface area (Å²) in [5.41, 5.74) is 0. The molecular weight excluding hydrogens is 244 g/mol. The molecule has 0 bridgehead atoms. The molecule has 0 radical (unpaired) electrons. The van der Waals surface area contributed by atoms with E-state index in [9.17, 15) is 0 Å². The van der Waals surface area contributed by atoms with Crippen LogP contribution < -0.4 is 4.90 Å². The fourth-order valence-corrected chi connectivity index (χ4v) is 3.38. The van der Waals surface area contributed by atoms with E-state index in [1.165, 1.54) is 0 Å². The molecule has 1 unspecified atom stereocenters. The second-order valence-electron chi connectivity index (χ2n) is 5.70. The highest BCUT2D eigenvalue weighted by atomic mass is 32.1. The summed E-state index contributed by atoms with van der Waals surface area (Å²) in [5, 5.41) is 10.9. The van der Waals surface area contributed by atoms with Gasteiger partial charge in [0.2, 0.25) is 5.13 Å². The fourth-order valence-electron chi connectivity index (χ4n) is 2.50. The first-order valence-corrected chi connectivity index (χ1v) is 7.64. The van der Waals surface area contributed by atoms with Crippen LogP contribution in [-0.4, -0.2) is 46.8 Å². The molecule has 1 aromatic rings. The Bertz CT molecular complexity index is 388. The van der Waals surface area contributed by atoms with Crippen molar-refractivity contribution < 1.29 is 0 Å². The molecule has 2 rings (SSSR count). The first-order valence-electron chi connectivity index (χ1n) is 6.83. The summed E-state index contributed by atoms with van der Waals surface area (Å²) in [5.74, 6) is 0.477. The Hall–Kier alpha value is -0.680. The highest BCUT2D eigenvalue weighted by molar-refractivity contribution is 7.15. The van der Waals surface area contributed by atoms with Crippen LogP contribution in [0.5, 0.6) is 0 Å². The van der Waals surface area contributed by atoms with Crippen LogP contribution in [0.2, 0.25) is 0 Å². The van der Waals surface area contributed by atoms with Gasteiger partial charge >= 0.3 is 0 Å². The van der Waals surface area contributed by atoms with Crippen LogP contribution in [0, 0.1) is 0 Å². The molecule has 1 aliphatic rings. The van der Waals surface area contributed by atoms with E-state index in [-0.39, 0.29) is 0 Å². The highest BCUT2D eigenvalue weighted by Gasteiger charge is 2.27. The van der Waals surface area contributed by atoms with Crippen molar-refractivity contribution in [1.29, 1.82) is 0 Å². The summed E-state index contributed by atoms with van der Waals surface area (Å²) in [6, 6.07) is 1.22. The molecule has 0 spiro atoms. The second kappa shape index (κ2) is 5.53. The standard InChI is InChI=1S/C13H24N4S/c1-9(2)12-14-15-13(18-12)16-6-7-17(10(3)4)11(5)8-16/h9-11H,6-8H2,1-5H3. The molecule has 1 atom stereocenters. The Morgan fingerprint density at radius 1 is 1.17 bits per heavy atom. The summed E-state index contributed by atoms with van der Waals surface area (Å²) in [6.45, 7) is 14.4. The molecule has 102 valence electrons. The van der Waals surface area contributed by atoms with Crippen LogP contribution in [0.1, 0.15) is 45.5 Å². The number of nitrogens with zero attached hydrogens (tertiary/aromatic N) is 4. The van der Waals surface area contributed by atoms with Crippen molar-refractivity contribution in [3.05, 3.63) is 5.01 Å². The lowest BCUT2D eigenvalue weighted by atomic mass is 10.1. The minimum Gasteiger partial charge on any atom is -0.344 e. The molecule has 0 aliphatic carbocycles. The normalized spacial score (nSPS) is 22.2. The minimum atomic E-state index is 0.477. The van der Waals surface area contributed by atoms with Crippen molar-refractivity contribution in [2.24, 2.45) is 0 Å². The Balaban J connectivity index is 2.03. The molecule has 18 heavy (non-hydrogen) atoms. The number of rotatable bonds is 3. The average molecular weight is 268 g/mol. The van der Waals surface area contributed by atoms with Crippen LogP contribution >= 0.6 is 11.3 Å². The monoisotopic (exact) mass is 268 g/mol. The van der Waals surface area contributed by atoms with Gasteiger partial charge < -0.3 is 4.90 Å². The predicted octanol–water partition coefficient (Wildman–Crippen LogP) is 2.58. The molecule has 0 N–H and O–H groups in total. The maximum absolute atomic E-state index is 4.34. The number of aromatic nitrogens is 2. The van der Waals surface area contributed by atoms with Gasteiger partial charge in [0.25, 0.3) is 0 Å². The van der Waals surface area contributed by atoms with E-state index >= 15 is 0 Å². The largest absolute Gasteiger partial charge is 0.344 e. The lowest BCUT2D eigenvalue weighted by Gasteiger charge is -2.41. The summed E-state index contributed by atoms with van der Waals surface area (Å²) >= 11 is 1.74. The van der Waals surface area contributed by atoms with E-state index in [1.54, 1.807) is 11.3 Å². The van der Waals surface area contributed by atoms with Crippen LogP contribution in [-0.2, 0) is 0 Å². The van der Waals surface area contributed by atoms with E-state index in [0.717, 1.165) is 29.8 Å². The quantitative estimate of drug-likeness (QED) is 0.843. The highest BCUT2D eigenvalue weighted by Crippen LogP contribution is 2.27. The SMILES string of the molecule is CC(C)c1nnc(N2CCN(C(C)C)C(C)C2)s1. The van der Waals surface area contributed by atoms with E-state index in [4.69, 9.17) is 0 Å². The van der Waals surface area contributed by atoms with Gasteiger partial charge in [-0.05, 0) is 20.8 Å². The minimum absolute atomic E-state index is 0.477. The van der Waals surface area contributed by atoms with Crippen LogP contribution in [0.15, 0.2) is 0 Å². The Labute approximate surface area is 114 Å². The number of anilines is 1. The molecule has 1 aliphatic heterocycles. The molecule has 0 aromatic carbocycles. The first-order chi connectivity index (χ1) is 8.49. The predicted molar refractivity (Wildman–Crippen MR) is 77.5 cm³/mol. The molecule has 4 nitrogen and oxygen atoms in total. The molecule has 2 heterocycles. The molecule has 0 amide bonds. The van der Waals surface area contributed by atoms with Gasteiger partial charge in [0.15, 0.2) is 0 Å². The fraction of sp³-hybridized carbons (Fsp3) is 0.846. The maximum atomic E-state index is 4.34. The van der Waals surface area contributed by atoms with E-state index in [1.807, 2.05) is 0 Å². The zero-order valence-corrected chi connectivity index (χ0v) is 12.9. The van der Waals surface area contributed by atoms with Gasteiger partial charge in [0.05, 0.1) is 0 Å². The molecule has 0 saturated carbocycles.